The lowest BCUT2D eigenvalue weighted by molar-refractivity contribution is 0.222. The van der Waals surface area contributed by atoms with Gasteiger partial charge in [0, 0.05) is 0 Å². The van der Waals surface area contributed by atoms with Crippen molar-refractivity contribution in [3.8, 4) is 0 Å². The number of carboxylic acid groups (broad SMARTS) is 1. The highest BCUT2D eigenvalue weighted by molar-refractivity contribution is 8.13. The van der Waals surface area contributed by atoms with E-state index in [0.29, 0.717) is 0 Å². The maximum absolute atomic E-state index is 10.1. The molecule has 52 valence electrons. The van der Waals surface area contributed by atoms with Crippen molar-refractivity contribution in [3.63, 3.8) is 0 Å². The van der Waals surface area contributed by atoms with Gasteiger partial charge in [-0.25, -0.2) is 4.79 Å². The summed E-state index contributed by atoms with van der Waals surface area (Å²) < 4.78 is 0. The first kappa shape index (κ1) is 6.89. The fraction of sp³-hybridized carbons (Fsp3) is 0.800. The minimum absolute atomic E-state index is 0.155. The van der Waals surface area contributed by atoms with Crippen LogP contribution in [0, 0.1) is 0 Å². The van der Waals surface area contributed by atoms with Gasteiger partial charge in [0.15, 0.2) is 0 Å². The fourth-order valence-corrected chi connectivity index (χ4v) is 1.60. The van der Waals surface area contributed by atoms with Crippen molar-refractivity contribution < 1.29 is 9.90 Å². The van der Waals surface area contributed by atoms with Gasteiger partial charge in [0.25, 0.3) is 0 Å². The van der Waals surface area contributed by atoms with Crippen LogP contribution >= 0.6 is 11.8 Å². The lowest BCUT2D eigenvalue weighted by Crippen LogP contribution is -2.18. The average molecular weight is 147 g/mol. The molecule has 4 heteroatoms. The largest absolute Gasteiger partial charge is 0.473 e. The molecular weight excluding hydrogens is 138 g/mol. The summed E-state index contributed by atoms with van der Waals surface area (Å²) in [6, 6.07) is 0. The highest BCUT2D eigenvalue weighted by Crippen LogP contribution is 2.18. The van der Waals surface area contributed by atoms with Gasteiger partial charge in [0.2, 0.25) is 0 Å². The van der Waals surface area contributed by atoms with Crippen molar-refractivity contribution in [2.24, 2.45) is 0 Å². The highest BCUT2D eigenvalue weighted by Gasteiger charge is 2.17. The van der Waals surface area contributed by atoms with E-state index in [-0.39, 0.29) is 5.37 Å². The van der Waals surface area contributed by atoms with Crippen molar-refractivity contribution in [1.82, 2.24) is 5.32 Å². The zero-order chi connectivity index (χ0) is 6.69. The molecule has 0 aromatic carbocycles. The van der Waals surface area contributed by atoms with Gasteiger partial charge >= 0.3 is 5.30 Å². The smallest absolute Gasteiger partial charge is 0.366 e. The van der Waals surface area contributed by atoms with Crippen LogP contribution in [-0.4, -0.2) is 22.3 Å². The van der Waals surface area contributed by atoms with Crippen LogP contribution in [0.1, 0.15) is 12.8 Å². The molecule has 1 unspecified atom stereocenters. The molecule has 0 bridgehead atoms. The Morgan fingerprint density at radius 3 is 3.00 bits per heavy atom. The molecule has 1 atom stereocenters. The normalized spacial score (nSPS) is 26.4. The molecular formula is C5H9NO2S. The van der Waals surface area contributed by atoms with Gasteiger partial charge in [0.1, 0.15) is 0 Å². The molecule has 9 heavy (non-hydrogen) atoms. The summed E-state index contributed by atoms with van der Waals surface area (Å²) in [7, 11) is 0. The molecule has 3 nitrogen and oxygen atoms in total. The van der Waals surface area contributed by atoms with Crippen molar-refractivity contribution in [2.75, 3.05) is 6.54 Å². The molecule has 2 N–H and O–H groups in total. The predicted octanol–water partition coefficient (Wildman–Crippen LogP) is 1.11. The molecule has 1 fully saturated rings. The molecule has 1 aliphatic rings. The first-order valence-electron chi connectivity index (χ1n) is 2.92. The Bertz CT molecular complexity index is 112. The van der Waals surface area contributed by atoms with E-state index in [0.717, 1.165) is 31.1 Å². The maximum Gasteiger partial charge on any atom is 0.366 e. The molecule has 0 saturated carbocycles. The summed E-state index contributed by atoms with van der Waals surface area (Å²) in [5.41, 5.74) is 0. The minimum atomic E-state index is -0.783. The van der Waals surface area contributed by atoms with E-state index >= 15 is 0 Å². The molecule has 0 aromatic heterocycles. The average Bonchev–Trinajstić information content (AvgIpc) is 2.15. The summed E-state index contributed by atoms with van der Waals surface area (Å²) in [6.45, 7) is 0.963. The topological polar surface area (TPSA) is 49.3 Å². The molecule has 0 aliphatic carbocycles. The van der Waals surface area contributed by atoms with Crippen molar-refractivity contribution in [1.29, 1.82) is 0 Å². The van der Waals surface area contributed by atoms with E-state index in [1.54, 1.807) is 0 Å². The Morgan fingerprint density at radius 2 is 2.56 bits per heavy atom. The van der Waals surface area contributed by atoms with Crippen LogP contribution in [-0.2, 0) is 0 Å². The third kappa shape index (κ3) is 2.24. The summed E-state index contributed by atoms with van der Waals surface area (Å²) in [6.07, 6.45) is 2.09. The SMILES string of the molecule is O=C(O)SC1CCCN1. The second kappa shape index (κ2) is 3.08. The Hall–Kier alpha value is -0.220. The number of hydrogen-bond acceptors (Lipinski definition) is 3. The van der Waals surface area contributed by atoms with Gasteiger partial charge in [0.05, 0.1) is 5.37 Å². The standard InChI is InChI=1S/C5H9NO2S/c7-5(8)9-4-2-1-3-6-4/h4,6H,1-3H2,(H,7,8). The predicted molar refractivity (Wildman–Crippen MR) is 36.6 cm³/mol. The van der Waals surface area contributed by atoms with Gasteiger partial charge in [-0.2, -0.15) is 0 Å². The molecule has 0 amide bonds. The molecule has 1 aliphatic heterocycles. The summed E-state index contributed by atoms with van der Waals surface area (Å²) >= 11 is 0.968. The van der Waals surface area contributed by atoms with Crippen LogP contribution in [0.3, 0.4) is 0 Å². The lowest BCUT2D eigenvalue weighted by Gasteiger charge is -2.02. The monoisotopic (exact) mass is 147 g/mol. The van der Waals surface area contributed by atoms with Crippen LogP contribution < -0.4 is 5.32 Å². The Kier molecular flexibility index (Phi) is 2.36. The second-order valence-electron chi connectivity index (χ2n) is 1.97. The van der Waals surface area contributed by atoms with Crippen molar-refractivity contribution in [3.05, 3.63) is 0 Å². The number of rotatable bonds is 1. The van der Waals surface area contributed by atoms with E-state index in [9.17, 15) is 4.79 Å². The van der Waals surface area contributed by atoms with E-state index in [1.165, 1.54) is 0 Å². The first-order chi connectivity index (χ1) is 4.29. The van der Waals surface area contributed by atoms with E-state index in [4.69, 9.17) is 5.11 Å². The summed E-state index contributed by atoms with van der Waals surface area (Å²) in [5, 5.41) is 10.7. The number of nitrogens with one attached hydrogen (secondary N) is 1. The number of thioether (sulfide) groups is 1. The zero-order valence-electron chi connectivity index (χ0n) is 4.96. The fourth-order valence-electron chi connectivity index (χ4n) is 0.875. The third-order valence-corrected chi connectivity index (χ3v) is 2.15. The van der Waals surface area contributed by atoms with Crippen LogP contribution in [0.2, 0.25) is 0 Å². The lowest BCUT2D eigenvalue weighted by atomic mass is 10.4. The van der Waals surface area contributed by atoms with Crippen LogP contribution in [0.5, 0.6) is 0 Å². The highest BCUT2D eigenvalue weighted by atomic mass is 32.2. The molecule has 1 heterocycles. The van der Waals surface area contributed by atoms with Crippen LogP contribution in [0.15, 0.2) is 0 Å². The number of hydrogen-bond donors (Lipinski definition) is 2. The van der Waals surface area contributed by atoms with Crippen LogP contribution in [0.25, 0.3) is 0 Å². The molecule has 0 spiro atoms. The molecule has 0 radical (unpaired) electrons. The Balaban J connectivity index is 2.19. The van der Waals surface area contributed by atoms with E-state index in [2.05, 4.69) is 5.32 Å². The van der Waals surface area contributed by atoms with Crippen molar-refractivity contribution in [2.45, 2.75) is 18.2 Å². The molecule has 0 aromatic rings. The summed E-state index contributed by atoms with van der Waals surface area (Å²) in [4.78, 5) is 10.1. The quantitative estimate of drug-likeness (QED) is 0.583. The van der Waals surface area contributed by atoms with Gasteiger partial charge in [-0.15, -0.1) is 0 Å². The van der Waals surface area contributed by atoms with Gasteiger partial charge in [-0.1, -0.05) is 0 Å². The number of carbonyl (C=O) groups is 1. The van der Waals surface area contributed by atoms with Gasteiger partial charge < -0.3 is 10.4 Å². The van der Waals surface area contributed by atoms with E-state index < -0.39 is 5.30 Å². The molecule has 1 saturated heterocycles. The third-order valence-electron chi connectivity index (χ3n) is 1.26. The van der Waals surface area contributed by atoms with E-state index in [1.807, 2.05) is 0 Å². The zero-order valence-corrected chi connectivity index (χ0v) is 5.78. The Labute approximate surface area is 57.8 Å². The molecule has 1 rings (SSSR count). The summed E-state index contributed by atoms with van der Waals surface area (Å²) in [5.74, 6) is 0. The second-order valence-corrected chi connectivity index (χ2v) is 3.12. The first-order valence-corrected chi connectivity index (χ1v) is 3.80. The van der Waals surface area contributed by atoms with Crippen molar-refractivity contribution >= 4 is 17.1 Å². The van der Waals surface area contributed by atoms with Crippen LogP contribution in [0.4, 0.5) is 4.79 Å². The Morgan fingerprint density at radius 1 is 1.78 bits per heavy atom. The maximum atomic E-state index is 10.1. The van der Waals surface area contributed by atoms with Gasteiger partial charge in [-0.05, 0) is 31.1 Å². The minimum Gasteiger partial charge on any atom is -0.473 e. The van der Waals surface area contributed by atoms with Gasteiger partial charge in [-0.3, -0.25) is 0 Å².